The van der Waals surface area contributed by atoms with Crippen molar-refractivity contribution in [3.8, 4) is 0 Å². The maximum atomic E-state index is 11.8. The summed E-state index contributed by atoms with van der Waals surface area (Å²) < 4.78 is 4.97. The van der Waals surface area contributed by atoms with Crippen LogP contribution < -0.4 is 5.32 Å². The number of nitrogens with one attached hydrogen (secondary N) is 1. The molecule has 1 unspecified atom stereocenters. The van der Waals surface area contributed by atoms with Crippen molar-refractivity contribution in [2.45, 2.75) is 19.4 Å². The number of halogens is 2. The fraction of sp³-hybridized carbons (Fsp3) is 0.250. The Morgan fingerprint density at radius 1 is 1.26 bits per heavy atom. The summed E-state index contributed by atoms with van der Waals surface area (Å²) in [6, 6.07) is 8.58. The molecule has 0 aliphatic rings. The van der Waals surface area contributed by atoms with E-state index in [4.69, 9.17) is 27.9 Å². The molecule has 23 heavy (non-hydrogen) atoms. The second-order valence-corrected chi connectivity index (χ2v) is 6.73. The summed E-state index contributed by atoms with van der Waals surface area (Å²) in [6.07, 6.45) is 0.174. The molecule has 2 aromatic rings. The van der Waals surface area contributed by atoms with Gasteiger partial charge in [-0.15, -0.1) is 11.3 Å². The number of carbonyl (C=O) groups excluding carboxylic acids is 2. The van der Waals surface area contributed by atoms with Crippen molar-refractivity contribution in [1.29, 1.82) is 0 Å². The third-order valence-electron chi connectivity index (χ3n) is 3.08. The molecule has 1 N–H and O–H groups in total. The topological polar surface area (TPSA) is 55.4 Å². The standard InChI is InChI=1S/C16H15Cl2NO3S/c1-10(11-4-5-13(17)14(18)7-11)19-15(20)9-22-16(21)8-12-3-2-6-23-12/h2-7,10H,8-9H2,1H3,(H,19,20). The SMILES string of the molecule is CC(NC(=O)COC(=O)Cc1cccs1)c1ccc(Cl)c(Cl)c1. The van der Waals surface area contributed by atoms with Crippen molar-refractivity contribution >= 4 is 46.4 Å². The number of esters is 1. The quantitative estimate of drug-likeness (QED) is 0.780. The van der Waals surface area contributed by atoms with Crippen molar-refractivity contribution in [1.82, 2.24) is 5.32 Å². The maximum absolute atomic E-state index is 11.8. The third-order valence-corrected chi connectivity index (χ3v) is 4.70. The highest BCUT2D eigenvalue weighted by atomic mass is 35.5. The number of amides is 1. The van der Waals surface area contributed by atoms with Gasteiger partial charge in [-0.3, -0.25) is 9.59 Å². The van der Waals surface area contributed by atoms with Crippen LogP contribution in [0.15, 0.2) is 35.7 Å². The molecule has 7 heteroatoms. The van der Waals surface area contributed by atoms with E-state index >= 15 is 0 Å². The molecule has 0 spiro atoms. The lowest BCUT2D eigenvalue weighted by Gasteiger charge is -2.15. The minimum atomic E-state index is -0.426. The van der Waals surface area contributed by atoms with Crippen LogP contribution in [-0.4, -0.2) is 18.5 Å². The van der Waals surface area contributed by atoms with E-state index in [1.807, 2.05) is 24.4 Å². The zero-order valence-corrected chi connectivity index (χ0v) is 14.7. The first-order valence-corrected chi connectivity index (χ1v) is 8.51. The molecular weight excluding hydrogens is 357 g/mol. The van der Waals surface area contributed by atoms with E-state index in [0.29, 0.717) is 10.0 Å². The van der Waals surface area contributed by atoms with Crippen molar-refractivity contribution in [2.24, 2.45) is 0 Å². The summed E-state index contributed by atoms with van der Waals surface area (Å²) in [5.74, 6) is -0.798. The van der Waals surface area contributed by atoms with Crippen LogP contribution in [0.5, 0.6) is 0 Å². The molecule has 4 nitrogen and oxygen atoms in total. The Hall–Kier alpha value is -1.56. The van der Waals surface area contributed by atoms with E-state index in [-0.39, 0.29) is 25.0 Å². The summed E-state index contributed by atoms with van der Waals surface area (Å²) in [5, 5.41) is 5.50. The highest BCUT2D eigenvalue weighted by Gasteiger charge is 2.13. The zero-order chi connectivity index (χ0) is 16.8. The number of hydrogen-bond donors (Lipinski definition) is 1. The molecule has 0 radical (unpaired) electrons. The van der Waals surface area contributed by atoms with Crippen molar-refractivity contribution in [3.05, 3.63) is 56.2 Å². The van der Waals surface area contributed by atoms with E-state index in [0.717, 1.165) is 10.4 Å². The monoisotopic (exact) mass is 371 g/mol. The maximum Gasteiger partial charge on any atom is 0.311 e. The van der Waals surface area contributed by atoms with Crippen molar-refractivity contribution in [3.63, 3.8) is 0 Å². The highest BCUT2D eigenvalue weighted by Crippen LogP contribution is 2.25. The molecule has 0 aliphatic heterocycles. The molecular formula is C16H15Cl2NO3S. The Balaban J connectivity index is 1.79. The molecule has 1 aromatic carbocycles. The van der Waals surface area contributed by atoms with Gasteiger partial charge in [0.1, 0.15) is 0 Å². The molecule has 122 valence electrons. The van der Waals surface area contributed by atoms with Gasteiger partial charge in [0.25, 0.3) is 5.91 Å². The smallest absolute Gasteiger partial charge is 0.311 e. The Bertz CT molecular complexity index is 689. The van der Waals surface area contributed by atoms with Crippen LogP contribution in [0.4, 0.5) is 0 Å². The van der Waals surface area contributed by atoms with Crippen molar-refractivity contribution < 1.29 is 14.3 Å². The van der Waals surface area contributed by atoms with Gasteiger partial charge in [0, 0.05) is 4.88 Å². The van der Waals surface area contributed by atoms with Gasteiger partial charge in [0.2, 0.25) is 0 Å². The van der Waals surface area contributed by atoms with Gasteiger partial charge in [0.15, 0.2) is 6.61 Å². The van der Waals surface area contributed by atoms with Crippen LogP contribution >= 0.6 is 34.5 Å². The number of ether oxygens (including phenoxy) is 1. The van der Waals surface area contributed by atoms with Gasteiger partial charge in [0.05, 0.1) is 22.5 Å². The number of thiophene rings is 1. The Morgan fingerprint density at radius 3 is 2.70 bits per heavy atom. The minimum absolute atomic E-state index is 0.174. The number of carbonyl (C=O) groups is 2. The predicted octanol–water partition coefficient (Wildman–Crippen LogP) is 4.02. The van der Waals surface area contributed by atoms with Crippen LogP contribution in [0.1, 0.15) is 23.4 Å². The summed E-state index contributed by atoms with van der Waals surface area (Å²) in [7, 11) is 0. The van der Waals surface area contributed by atoms with E-state index < -0.39 is 5.97 Å². The first-order chi connectivity index (χ1) is 11.0. The molecule has 1 atom stereocenters. The molecule has 1 aromatic heterocycles. The van der Waals surface area contributed by atoms with Gasteiger partial charge >= 0.3 is 5.97 Å². The predicted molar refractivity (Wildman–Crippen MR) is 92.0 cm³/mol. The number of rotatable bonds is 6. The molecule has 1 amide bonds. The molecule has 0 saturated heterocycles. The lowest BCUT2D eigenvalue weighted by molar-refractivity contribution is -0.148. The first-order valence-electron chi connectivity index (χ1n) is 6.88. The average molecular weight is 372 g/mol. The number of benzene rings is 1. The number of hydrogen-bond acceptors (Lipinski definition) is 4. The molecule has 0 saturated carbocycles. The molecule has 0 aliphatic carbocycles. The second kappa shape index (κ2) is 8.34. The third kappa shape index (κ3) is 5.53. The van der Waals surface area contributed by atoms with E-state index in [1.165, 1.54) is 11.3 Å². The Morgan fingerprint density at radius 2 is 2.04 bits per heavy atom. The molecule has 0 fully saturated rings. The molecule has 0 bridgehead atoms. The van der Waals surface area contributed by atoms with Gasteiger partial charge in [-0.2, -0.15) is 0 Å². The van der Waals surface area contributed by atoms with Gasteiger partial charge < -0.3 is 10.1 Å². The summed E-state index contributed by atoms with van der Waals surface area (Å²) in [5.41, 5.74) is 0.817. The lowest BCUT2D eigenvalue weighted by atomic mass is 10.1. The van der Waals surface area contributed by atoms with Gasteiger partial charge in [-0.05, 0) is 36.1 Å². The fourth-order valence-electron chi connectivity index (χ4n) is 1.90. The fourth-order valence-corrected chi connectivity index (χ4v) is 2.90. The van der Waals surface area contributed by atoms with E-state index in [1.54, 1.807) is 18.2 Å². The zero-order valence-electron chi connectivity index (χ0n) is 12.3. The lowest BCUT2D eigenvalue weighted by Crippen LogP contribution is -2.31. The minimum Gasteiger partial charge on any atom is -0.455 e. The average Bonchev–Trinajstić information content (AvgIpc) is 3.00. The van der Waals surface area contributed by atoms with Crippen LogP contribution in [0.2, 0.25) is 10.0 Å². The molecule has 2 rings (SSSR count). The van der Waals surface area contributed by atoms with Crippen LogP contribution in [0.25, 0.3) is 0 Å². The van der Waals surface area contributed by atoms with Crippen LogP contribution in [0.3, 0.4) is 0 Å². The normalized spacial score (nSPS) is 11.8. The largest absolute Gasteiger partial charge is 0.455 e. The summed E-state index contributed by atoms with van der Waals surface area (Å²) in [6.45, 7) is 1.50. The van der Waals surface area contributed by atoms with Crippen LogP contribution in [-0.2, 0) is 20.7 Å². The first kappa shape index (κ1) is 17.8. The van der Waals surface area contributed by atoms with E-state index in [9.17, 15) is 9.59 Å². The summed E-state index contributed by atoms with van der Waals surface area (Å²) in [4.78, 5) is 24.4. The van der Waals surface area contributed by atoms with Gasteiger partial charge in [-0.1, -0.05) is 35.3 Å². The second-order valence-electron chi connectivity index (χ2n) is 4.88. The van der Waals surface area contributed by atoms with Gasteiger partial charge in [-0.25, -0.2) is 0 Å². The highest BCUT2D eigenvalue weighted by molar-refractivity contribution is 7.10. The van der Waals surface area contributed by atoms with Crippen LogP contribution in [0, 0.1) is 0 Å². The Kier molecular flexibility index (Phi) is 6.45. The van der Waals surface area contributed by atoms with Crippen molar-refractivity contribution in [2.75, 3.05) is 6.61 Å². The van der Waals surface area contributed by atoms with E-state index in [2.05, 4.69) is 5.32 Å². The Labute approximate surface area is 148 Å². The summed E-state index contributed by atoms with van der Waals surface area (Å²) >= 11 is 13.3. The molecule has 1 heterocycles.